The molecule has 4 aromatic heterocycles. The predicted octanol–water partition coefficient (Wildman–Crippen LogP) is 11.0. The van der Waals surface area contributed by atoms with E-state index in [-0.39, 0.29) is 0 Å². The summed E-state index contributed by atoms with van der Waals surface area (Å²) in [5.74, 6) is 0.907. The molecule has 4 heterocycles. The molecule has 0 aliphatic carbocycles. The number of aromatic nitrogens is 4. The lowest BCUT2D eigenvalue weighted by Gasteiger charge is -2.12. The molecule has 4 heteroatoms. The van der Waals surface area contributed by atoms with E-state index in [1.807, 2.05) is 12.3 Å². The van der Waals surface area contributed by atoms with Crippen LogP contribution in [0.3, 0.4) is 0 Å². The van der Waals surface area contributed by atoms with E-state index in [9.17, 15) is 0 Å². The number of benzene rings is 7. The third kappa shape index (κ3) is 3.28. The zero-order valence-electron chi connectivity index (χ0n) is 25.3. The average molecular weight is 599 g/mol. The largest absolute Gasteiger partial charge is 0.309 e. The molecule has 4 nitrogen and oxygen atoms in total. The molecule has 11 aromatic rings. The molecular formula is C43H26N4. The molecule has 11 rings (SSSR count). The SMILES string of the molecule is c1ccc(-n2c3cc(-n4c5ccccc5c5ccccc54)cc4ccc5cc(-n6c7ccccc7c7ccccc76)cc2c5c43)nc1. The average Bonchev–Trinajstić information content (AvgIpc) is 3.77. The first-order valence-electron chi connectivity index (χ1n) is 16.1. The van der Waals surface area contributed by atoms with Gasteiger partial charge < -0.3 is 9.13 Å². The monoisotopic (exact) mass is 598 g/mol. The number of nitrogens with zero attached hydrogens (tertiary/aromatic N) is 4. The molecule has 47 heavy (non-hydrogen) atoms. The molecule has 0 atom stereocenters. The lowest BCUT2D eigenvalue weighted by Crippen LogP contribution is -1.99. The number of hydrogen-bond donors (Lipinski definition) is 0. The molecule has 0 N–H and O–H groups in total. The Hall–Kier alpha value is -6.39. The minimum atomic E-state index is 0.907. The fourth-order valence-corrected chi connectivity index (χ4v) is 8.13. The molecule has 0 aliphatic rings. The van der Waals surface area contributed by atoms with E-state index in [2.05, 4.69) is 159 Å². The molecule has 0 spiro atoms. The Balaban J connectivity index is 1.29. The van der Waals surface area contributed by atoms with Gasteiger partial charge in [-0.3, -0.25) is 4.57 Å². The number of pyridine rings is 1. The van der Waals surface area contributed by atoms with Gasteiger partial charge in [-0.25, -0.2) is 4.98 Å². The molecule has 0 bridgehead atoms. The fourth-order valence-electron chi connectivity index (χ4n) is 8.13. The highest BCUT2D eigenvalue weighted by atomic mass is 15.1. The Labute approximate surface area is 269 Å². The van der Waals surface area contributed by atoms with Gasteiger partial charge in [0.15, 0.2) is 0 Å². The molecule has 218 valence electrons. The van der Waals surface area contributed by atoms with E-state index >= 15 is 0 Å². The summed E-state index contributed by atoms with van der Waals surface area (Å²) < 4.78 is 7.18. The molecule has 0 saturated carbocycles. The van der Waals surface area contributed by atoms with Crippen LogP contribution < -0.4 is 0 Å². The maximum absolute atomic E-state index is 4.91. The van der Waals surface area contributed by atoms with E-state index in [0.29, 0.717) is 0 Å². The first kappa shape index (κ1) is 24.9. The Morgan fingerprint density at radius 1 is 0.340 bits per heavy atom. The molecule has 0 amide bonds. The summed E-state index contributed by atoms with van der Waals surface area (Å²) >= 11 is 0. The minimum Gasteiger partial charge on any atom is -0.309 e. The molecule has 7 aromatic carbocycles. The number of fused-ring (bicyclic) bond motifs is 6. The van der Waals surface area contributed by atoms with Crippen LogP contribution in [0, 0.1) is 0 Å². The van der Waals surface area contributed by atoms with Crippen LogP contribution in [0.2, 0.25) is 0 Å². The molecule has 0 aliphatic heterocycles. The number of para-hydroxylation sites is 4. The Bertz CT molecular complexity index is 2720. The van der Waals surface area contributed by atoms with Crippen LogP contribution in [0.1, 0.15) is 0 Å². The molecule has 0 saturated heterocycles. The third-order valence-corrected chi connectivity index (χ3v) is 9.99. The Kier molecular flexibility index (Phi) is 4.81. The zero-order valence-corrected chi connectivity index (χ0v) is 25.3. The number of rotatable bonds is 3. The normalized spacial score (nSPS) is 12.3. The zero-order chi connectivity index (χ0) is 30.6. The maximum Gasteiger partial charge on any atom is 0.137 e. The summed E-state index contributed by atoms with van der Waals surface area (Å²) in [6.45, 7) is 0. The quantitative estimate of drug-likeness (QED) is 0.186. The van der Waals surface area contributed by atoms with Crippen molar-refractivity contribution in [1.82, 2.24) is 18.7 Å². The third-order valence-electron chi connectivity index (χ3n) is 9.99. The highest BCUT2D eigenvalue weighted by Gasteiger charge is 2.22. The first-order valence-corrected chi connectivity index (χ1v) is 16.1. The highest BCUT2D eigenvalue weighted by Crippen LogP contribution is 2.43. The van der Waals surface area contributed by atoms with Crippen molar-refractivity contribution >= 4 is 76.2 Å². The lowest BCUT2D eigenvalue weighted by molar-refractivity contribution is 1.07. The van der Waals surface area contributed by atoms with Crippen molar-refractivity contribution in [3.05, 3.63) is 158 Å². The van der Waals surface area contributed by atoms with Crippen LogP contribution in [-0.4, -0.2) is 18.7 Å². The standard InChI is InChI=1S/C43H26N4/c1-5-15-35-31(11-1)32-12-2-6-16-36(32)45(35)29-23-27-20-21-28-24-30(46-37-17-7-3-13-33(37)34-14-4-8-18-38(34)46)26-40-43(28)42(27)39(25-29)47(40)41-19-9-10-22-44-41/h1-26H. The Morgan fingerprint density at radius 2 is 0.745 bits per heavy atom. The van der Waals surface area contributed by atoms with Gasteiger partial charge in [-0.15, -0.1) is 0 Å². The topological polar surface area (TPSA) is 27.7 Å². The first-order chi connectivity index (χ1) is 23.3. The van der Waals surface area contributed by atoms with Crippen molar-refractivity contribution in [1.29, 1.82) is 0 Å². The van der Waals surface area contributed by atoms with Crippen molar-refractivity contribution in [3.8, 4) is 17.2 Å². The summed E-state index contributed by atoms with van der Waals surface area (Å²) in [5, 5.41) is 10.0. The summed E-state index contributed by atoms with van der Waals surface area (Å²) in [6, 6.07) is 55.0. The van der Waals surface area contributed by atoms with E-state index in [4.69, 9.17) is 4.98 Å². The van der Waals surface area contributed by atoms with E-state index < -0.39 is 0 Å². The summed E-state index contributed by atoms with van der Waals surface area (Å²) in [7, 11) is 0. The predicted molar refractivity (Wildman–Crippen MR) is 196 cm³/mol. The van der Waals surface area contributed by atoms with Crippen molar-refractivity contribution < 1.29 is 0 Å². The van der Waals surface area contributed by atoms with Crippen molar-refractivity contribution in [2.24, 2.45) is 0 Å². The maximum atomic E-state index is 4.91. The van der Waals surface area contributed by atoms with Crippen LogP contribution in [0.5, 0.6) is 0 Å². The van der Waals surface area contributed by atoms with Gasteiger partial charge in [0.1, 0.15) is 5.82 Å². The van der Waals surface area contributed by atoms with Crippen molar-refractivity contribution in [3.63, 3.8) is 0 Å². The van der Waals surface area contributed by atoms with Crippen LogP contribution >= 0.6 is 0 Å². The Morgan fingerprint density at radius 3 is 1.15 bits per heavy atom. The van der Waals surface area contributed by atoms with Gasteiger partial charge in [0.2, 0.25) is 0 Å². The number of hydrogen-bond acceptors (Lipinski definition) is 1. The van der Waals surface area contributed by atoms with Gasteiger partial charge in [0, 0.05) is 49.9 Å². The van der Waals surface area contributed by atoms with Gasteiger partial charge in [-0.1, -0.05) is 91.0 Å². The summed E-state index contributed by atoms with van der Waals surface area (Å²) in [5.41, 5.74) is 9.40. The van der Waals surface area contributed by atoms with Crippen LogP contribution in [0.25, 0.3) is 93.4 Å². The second kappa shape index (κ2) is 9.09. The van der Waals surface area contributed by atoms with Crippen LogP contribution in [-0.2, 0) is 0 Å². The summed E-state index contributed by atoms with van der Waals surface area (Å²) in [6.07, 6.45) is 1.89. The molecule has 0 radical (unpaired) electrons. The second-order valence-electron chi connectivity index (χ2n) is 12.5. The fraction of sp³-hybridized carbons (Fsp3) is 0. The van der Waals surface area contributed by atoms with Crippen LogP contribution in [0.15, 0.2) is 158 Å². The molecule has 0 unspecified atom stereocenters. The van der Waals surface area contributed by atoms with Gasteiger partial charge >= 0.3 is 0 Å². The second-order valence-corrected chi connectivity index (χ2v) is 12.5. The molecule has 0 fully saturated rings. The minimum absolute atomic E-state index is 0.907. The molecular weight excluding hydrogens is 573 g/mol. The van der Waals surface area contributed by atoms with E-state index in [1.54, 1.807) is 0 Å². The highest BCUT2D eigenvalue weighted by molar-refractivity contribution is 6.25. The van der Waals surface area contributed by atoms with Crippen LogP contribution in [0.4, 0.5) is 0 Å². The van der Waals surface area contributed by atoms with E-state index in [0.717, 1.165) is 28.2 Å². The van der Waals surface area contributed by atoms with Crippen molar-refractivity contribution in [2.75, 3.05) is 0 Å². The van der Waals surface area contributed by atoms with Gasteiger partial charge in [-0.05, 0) is 71.4 Å². The summed E-state index contributed by atoms with van der Waals surface area (Å²) in [4.78, 5) is 4.91. The lowest BCUT2D eigenvalue weighted by atomic mass is 10.0. The van der Waals surface area contributed by atoms with E-state index in [1.165, 1.54) is 65.2 Å². The van der Waals surface area contributed by atoms with Gasteiger partial charge in [0.05, 0.1) is 33.1 Å². The van der Waals surface area contributed by atoms with Gasteiger partial charge in [-0.2, -0.15) is 0 Å². The smallest absolute Gasteiger partial charge is 0.137 e. The van der Waals surface area contributed by atoms with Gasteiger partial charge in [0.25, 0.3) is 0 Å². The van der Waals surface area contributed by atoms with Crippen molar-refractivity contribution in [2.45, 2.75) is 0 Å².